The average Bonchev–Trinajstić information content (AvgIpc) is 3.02. The number of azo groups is 1. The van der Waals surface area contributed by atoms with Gasteiger partial charge in [-0.1, -0.05) is 42.5 Å². The number of hydrogen-bond acceptors (Lipinski definition) is 5. The van der Waals surface area contributed by atoms with Crippen molar-refractivity contribution in [2.45, 2.75) is 4.90 Å². The van der Waals surface area contributed by atoms with Gasteiger partial charge in [0.15, 0.2) is 0 Å². The first-order valence-corrected chi connectivity index (χ1v) is 11.4. The predicted molar refractivity (Wildman–Crippen MR) is 124 cm³/mol. The highest BCUT2D eigenvalue weighted by Gasteiger charge is 2.36. The highest BCUT2D eigenvalue weighted by molar-refractivity contribution is 7.93. The van der Waals surface area contributed by atoms with Gasteiger partial charge >= 0.3 is 0 Å². The normalized spacial score (nSPS) is 14.2. The number of sulfonamides is 1. The Morgan fingerprint density at radius 3 is 2.16 bits per heavy atom. The zero-order valence-corrected chi connectivity index (χ0v) is 17.7. The van der Waals surface area contributed by atoms with Crippen molar-refractivity contribution in [1.82, 2.24) is 0 Å². The van der Waals surface area contributed by atoms with Crippen LogP contribution >= 0.6 is 0 Å². The van der Waals surface area contributed by atoms with Gasteiger partial charge in [-0.3, -0.25) is 9.10 Å². The van der Waals surface area contributed by atoms with E-state index in [1.807, 2.05) is 42.5 Å². The summed E-state index contributed by atoms with van der Waals surface area (Å²) in [5.74, 6) is -0.433. The van der Waals surface area contributed by atoms with Gasteiger partial charge in [-0.2, -0.15) is 10.2 Å². The molecule has 7 nitrogen and oxygen atoms in total. The van der Waals surface area contributed by atoms with Crippen LogP contribution in [0, 0.1) is 0 Å². The van der Waals surface area contributed by atoms with Crippen LogP contribution < -0.4 is 9.62 Å². The lowest BCUT2D eigenvalue weighted by Crippen LogP contribution is -2.35. The Hall–Kier alpha value is -4.04. The number of carbonyl (C=O) groups is 1. The lowest BCUT2D eigenvalue weighted by molar-refractivity contribution is -0.114. The fourth-order valence-corrected chi connectivity index (χ4v) is 5.35. The highest BCUT2D eigenvalue weighted by Crippen LogP contribution is 2.41. The van der Waals surface area contributed by atoms with Crippen LogP contribution in [0.1, 0.15) is 0 Å². The molecule has 1 aliphatic rings. The van der Waals surface area contributed by atoms with Crippen LogP contribution in [0.15, 0.2) is 106 Å². The molecule has 0 aromatic heterocycles. The molecule has 1 aliphatic heterocycles. The van der Waals surface area contributed by atoms with E-state index in [1.54, 1.807) is 48.5 Å². The zero-order valence-electron chi connectivity index (χ0n) is 16.8. The van der Waals surface area contributed by atoms with Crippen LogP contribution in [0.25, 0.3) is 10.8 Å². The minimum absolute atomic E-state index is 0.228. The van der Waals surface area contributed by atoms with Crippen LogP contribution in [-0.4, -0.2) is 20.9 Å². The van der Waals surface area contributed by atoms with E-state index in [4.69, 9.17) is 0 Å². The number of amides is 1. The van der Waals surface area contributed by atoms with Gasteiger partial charge in [0.1, 0.15) is 6.54 Å². The Bertz CT molecular complexity index is 1440. The number of hydrogen-bond donors (Lipinski definition) is 1. The van der Waals surface area contributed by atoms with E-state index in [1.165, 1.54) is 0 Å². The van der Waals surface area contributed by atoms with Gasteiger partial charge in [-0.05, 0) is 53.9 Å². The average molecular weight is 443 g/mol. The number of anilines is 2. The van der Waals surface area contributed by atoms with Gasteiger partial charge in [-0.25, -0.2) is 8.42 Å². The van der Waals surface area contributed by atoms with Crippen molar-refractivity contribution in [3.05, 3.63) is 91.0 Å². The molecular formula is C24H18N4O3S. The molecule has 5 rings (SSSR count). The van der Waals surface area contributed by atoms with Gasteiger partial charge in [0, 0.05) is 11.1 Å². The molecule has 0 bridgehead atoms. The molecule has 0 spiro atoms. The molecule has 1 amide bonds. The molecule has 32 heavy (non-hydrogen) atoms. The maximum Gasteiger partial charge on any atom is 0.265 e. The Labute approximate surface area is 185 Å². The molecular weight excluding hydrogens is 424 g/mol. The topological polar surface area (TPSA) is 91.2 Å². The van der Waals surface area contributed by atoms with E-state index >= 15 is 0 Å². The maximum atomic E-state index is 13.0. The van der Waals surface area contributed by atoms with Crippen molar-refractivity contribution in [2.24, 2.45) is 10.2 Å². The Morgan fingerprint density at radius 2 is 1.44 bits per heavy atom. The molecule has 0 unspecified atom stereocenters. The van der Waals surface area contributed by atoms with Gasteiger partial charge in [0.05, 0.1) is 22.0 Å². The monoisotopic (exact) mass is 442 g/mol. The number of benzene rings is 4. The summed E-state index contributed by atoms with van der Waals surface area (Å²) in [5, 5.41) is 12.5. The second-order valence-electron chi connectivity index (χ2n) is 7.27. The largest absolute Gasteiger partial charge is 0.325 e. The molecule has 0 fully saturated rings. The standard InChI is InChI=1S/C24H18N4O3S/c29-23(25-18-12-14-20(15-13-18)27-26-19-8-2-1-3-9-19)16-28-21-10-4-6-17-7-5-11-22(24(17)21)32(28,30)31/h1-15H,16H2,(H,25,29). The quantitative estimate of drug-likeness (QED) is 0.419. The SMILES string of the molecule is O=C(CN1c2cccc3cccc(c23)S1(=O)=O)Nc1ccc(N=Nc2ccccc2)cc1. The van der Waals surface area contributed by atoms with E-state index in [0.29, 0.717) is 22.4 Å². The molecule has 0 saturated heterocycles. The van der Waals surface area contributed by atoms with Gasteiger partial charge in [0.2, 0.25) is 5.91 Å². The van der Waals surface area contributed by atoms with E-state index in [9.17, 15) is 13.2 Å². The number of nitrogens with one attached hydrogen (secondary N) is 1. The molecule has 1 N–H and O–H groups in total. The summed E-state index contributed by atoms with van der Waals surface area (Å²) in [6.45, 7) is -0.314. The molecule has 0 saturated carbocycles. The maximum absolute atomic E-state index is 13.0. The summed E-state index contributed by atoms with van der Waals surface area (Å²) in [4.78, 5) is 12.9. The predicted octanol–water partition coefficient (Wildman–Crippen LogP) is 5.40. The van der Waals surface area contributed by atoms with E-state index in [0.717, 1.165) is 15.4 Å². The fourth-order valence-electron chi connectivity index (χ4n) is 3.68. The summed E-state index contributed by atoms with van der Waals surface area (Å²) < 4.78 is 27.2. The van der Waals surface area contributed by atoms with Crippen molar-refractivity contribution in [3.8, 4) is 0 Å². The highest BCUT2D eigenvalue weighted by atomic mass is 32.2. The van der Waals surface area contributed by atoms with Gasteiger partial charge in [-0.15, -0.1) is 0 Å². The Kier molecular flexibility index (Phi) is 4.91. The first kappa shape index (κ1) is 19.9. The van der Waals surface area contributed by atoms with Crippen LogP contribution in [0.3, 0.4) is 0 Å². The van der Waals surface area contributed by atoms with Crippen LogP contribution in [0.4, 0.5) is 22.7 Å². The molecule has 0 aliphatic carbocycles. The number of carbonyl (C=O) groups excluding carboxylic acids is 1. The van der Waals surface area contributed by atoms with Gasteiger partial charge in [0.25, 0.3) is 10.0 Å². The zero-order chi connectivity index (χ0) is 22.1. The molecule has 0 radical (unpaired) electrons. The molecule has 158 valence electrons. The number of nitrogens with zero attached hydrogens (tertiary/aromatic N) is 3. The van der Waals surface area contributed by atoms with Crippen molar-refractivity contribution in [2.75, 3.05) is 16.2 Å². The Balaban J connectivity index is 1.30. The molecule has 0 atom stereocenters. The van der Waals surface area contributed by atoms with Crippen LogP contribution in [-0.2, 0) is 14.8 Å². The molecule has 4 aromatic carbocycles. The lowest BCUT2D eigenvalue weighted by Gasteiger charge is -2.18. The minimum Gasteiger partial charge on any atom is -0.325 e. The van der Waals surface area contributed by atoms with Crippen molar-refractivity contribution < 1.29 is 13.2 Å². The summed E-state index contributed by atoms with van der Waals surface area (Å²) in [6.07, 6.45) is 0. The Morgan fingerprint density at radius 1 is 0.781 bits per heavy atom. The lowest BCUT2D eigenvalue weighted by atomic mass is 10.1. The summed E-state index contributed by atoms with van der Waals surface area (Å²) in [5.41, 5.74) is 2.44. The second-order valence-corrected chi connectivity index (χ2v) is 9.10. The first-order chi connectivity index (χ1) is 15.5. The van der Waals surface area contributed by atoms with Crippen molar-refractivity contribution in [1.29, 1.82) is 0 Å². The number of rotatable bonds is 5. The third-order valence-electron chi connectivity index (χ3n) is 5.16. The van der Waals surface area contributed by atoms with Gasteiger partial charge < -0.3 is 5.32 Å². The van der Waals surface area contributed by atoms with E-state index in [-0.39, 0.29) is 11.4 Å². The first-order valence-electron chi connectivity index (χ1n) is 9.93. The third kappa shape index (κ3) is 3.61. The van der Waals surface area contributed by atoms with Crippen molar-refractivity contribution >= 4 is 49.5 Å². The molecule has 4 aromatic rings. The molecule has 1 heterocycles. The summed E-state index contributed by atoms with van der Waals surface area (Å²) in [7, 11) is -3.78. The summed E-state index contributed by atoms with van der Waals surface area (Å²) in [6, 6.07) is 26.7. The van der Waals surface area contributed by atoms with Crippen LogP contribution in [0.5, 0.6) is 0 Å². The summed E-state index contributed by atoms with van der Waals surface area (Å²) >= 11 is 0. The van der Waals surface area contributed by atoms with E-state index < -0.39 is 15.9 Å². The van der Waals surface area contributed by atoms with Crippen LogP contribution in [0.2, 0.25) is 0 Å². The van der Waals surface area contributed by atoms with Crippen molar-refractivity contribution in [3.63, 3.8) is 0 Å². The third-order valence-corrected chi connectivity index (χ3v) is 6.96. The fraction of sp³-hybridized carbons (Fsp3) is 0.0417. The smallest absolute Gasteiger partial charge is 0.265 e. The second kappa shape index (κ2) is 7.90. The van der Waals surface area contributed by atoms with E-state index in [2.05, 4.69) is 15.5 Å². The minimum atomic E-state index is -3.78. The molecule has 8 heteroatoms.